The Kier molecular flexibility index (Phi) is 2.06. The van der Waals surface area contributed by atoms with Crippen LogP contribution >= 0.6 is 0 Å². The smallest absolute Gasteiger partial charge is 0.0653 e. The van der Waals surface area contributed by atoms with E-state index in [-0.39, 0.29) is 0 Å². The topological polar surface area (TPSA) is 28.7 Å². The Labute approximate surface area is 84.3 Å². The average Bonchev–Trinajstić information content (AvgIpc) is 2.47. The van der Waals surface area contributed by atoms with Gasteiger partial charge in [0, 0.05) is 5.39 Å². The minimum Gasteiger partial charge on any atom is -0.278 e. The summed E-state index contributed by atoms with van der Waals surface area (Å²) in [5, 5.41) is 8.19. The standard InChI is InChI=1S/C12H16N2/c1-12(2,3)7-9-4-5-10-8-13-14-11(10)6-9/h4-6,8H,7H2,1-3H3,(H,13,14). The summed E-state index contributed by atoms with van der Waals surface area (Å²) in [5.74, 6) is 0. The maximum absolute atomic E-state index is 4.01. The zero-order valence-corrected chi connectivity index (χ0v) is 8.96. The molecule has 0 aliphatic carbocycles. The van der Waals surface area contributed by atoms with E-state index in [1.54, 1.807) is 0 Å². The number of fused-ring (bicyclic) bond motifs is 1. The van der Waals surface area contributed by atoms with Gasteiger partial charge in [0.2, 0.25) is 0 Å². The second-order valence-corrected chi connectivity index (χ2v) is 5.03. The molecule has 0 fully saturated rings. The van der Waals surface area contributed by atoms with Crippen LogP contribution in [-0.4, -0.2) is 10.2 Å². The molecule has 1 aromatic carbocycles. The van der Waals surface area contributed by atoms with Gasteiger partial charge in [0.1, 0.15) is 0 Å². The quantitative estimate of drug-likeness (QED) is 0.731. The fourth-order valence-electron chi connectivity index (χ4n) is 1.71. The highest BCUT2D eigenvalue weighted by atomic mass is 15.1. The first kappa shape index (κ1) is 9.25. The molecule has 2 nitrogen and oxygen atoms in total. The van der Waals surface area contributed by atoms with Gasteiger partial charge in [-0.2, -0.15) is 5.10 Å². The maximum atomic E-state index is 4.01. The van der Waals surface area contributed by atoms with Crippen molar-refractivity contribution in [1.82, 2.24) is 10.2 Å². The van der Waals surface area contributed by atoms with Crippen molar-refractivity contribution >= 4 is 10.9 Å². The first-order valence-corrected chi connectivity index (χ1v) is 4.97. The van der Waals surface area contributed by atoms with Crippen LogP contribution in [0.4, 0.5) is 0 Å². The molecule has 74 valence electrons. The average molecular weight is 188 g/mol. The molecule has 0 atom stereocenters. The van der Waals surface area contributed by atoms with Crippen molar-refractivity contribution in [3.63, 3.8) is 0 Å². The second kappa shape index (κ2) is 3.12. The first-order chi connectivity index (χ1) is 6.54. The highest BCUT2D eigenvalue weighted by molar-refractivity contribution is 5.78. The third-order valence-electron chi connectivity index (χ3n) is 2.24. The monoisotopic (exact) mass is 188 g/mol. The van der Waals surface area contributed by atoms with E-state index in [0.29, 0.717) is 5.41 Å². The molecule has 1 aromatic heterocycles. The summed E-state index contributed by atoms with van der Waals surface area (Å²) in [4.78, 5) is 0. The van der Waals surface area contributed by atoms with E-state index in [2.05, 4.69) is 49.2 Å². The molecule has 0 radical (unpaired) electrons. The van der Waals surface area contributed by atoms with Crippen LogP contribution in [-0.2, 0) is 6.42 Å². The lowest BCUT2D eigenvalue weighted by atomic mass is 9.88. The highest BCUT2D eigenvalue weighted by Gasteiger charge is 2.11. The third-order valence-corrected chi connectivity index (χ3v) is 2.24. The Morgan fingerprint density at radius 1 is 1.29 bits per heavy atom. The lowest BCUT2D eigenvalue weighted by molar-refractivity contribution is 0.411. The van der Waals surface area contributed by atoms with Gasteiger partial charge in [-0.1, -0.05) is 32.9 Å². The van der Waals surface area contributed by atoms with Gasteiger partial charge in [0.05, 0.1) is 11.7 Å². The Bertz CT molecular complexity index is 435. The number of H-pyrrole nitrogens is 1. The van der Waals surface area contributed by atoms with Crippen molar-refractivity contribution in [2.24, 2.45) is 5.41 Å². The molecular formula is C12H16N2. The Morgan fingerprint density at radius 2 is 2.07 bits per heavy atom. The summed E-state index contributed by atoms with van der Waals surface area (Å²) in [6.07, 6.45) is 2.96. The molecule has 2 rings (SSSR count). The van der Waals surface area contributed by atoms with Crippen molar-refractivity contribution in [3.05, 3.63) is 30.0 Å². The predicted molar refractivity (Wildman–Crippen MR) is 59.3 cm³/mol. The zero-order valence-electron chi connectivity index (χ0n) is 8.96. The molecule has 0 bridgehead atoms. The summed E-state index contributed by atoms with van der Waals surface area (Å²) in [7, 11) is 0. The first-order valence-electron chi connectivity index (χ1n) is 4.97. The van der Waals surface area contributed by atoms with Crippen LogP contribution in [0.25, 0.3) is 10.9 Å². The van der Waals surface area contributed by atoms with Crippen LogP contribution in [0.2, 0.25) is 0 Å². The summed E-state index contributed by atoms with van der Waals surface area (Å²) in [6, 6.07) is 6.50. The van der Waals surface area contributed by atoms with E-state index in [9.17, 15) is 0 Å². The third kappa shape index (κ3) is 1.95. The van der Waals surface area contributed by atoms with E-state index in [1.165, 1.54) is 10.9 Å². The summed E-state index contributed by atoms with van der Waals surface area (Å²) < 4.78 is 0. The second-order valence-electron chi connectivity index (χ2n) is 5.03. The van der Waals surface area contributed by atoms with Crippen molar-refractivity contribution < 1.29 is 0 Å². The molecule has 0 aliphatic heterocycles. The van der Waals surface area contributed by atoms with Gasteiger partial charge in [0.15, 0.2) is 0 Å². The van der Waals surface area contributed by atoms with Gasteiger partial charge in [-0.05, 0) is 23.5 Å². The van der Waals surface area contributed by atoms with Crippen molar-refractivity contribution in [2.75, 3.05) is 0 Å². The number of nitrogens with zero attached hydrogens (tertiary/aromatic N) is 1. The Hall–Kier alpha value is -1.31. The molecule has 0 aliphatic rings. The number of nitrogens with one attached hydrogen (secondary N) is 1. The van der Waals surface area contributed by atoms with Crippen LogP contribution < -0.4 is 0 Å². The molecule has 2 heteroatoms. The van der Waals surface area contributed by atoms with Gasteiger partial charge < -0.3 is 0 Å². The van der Waals surface area contributed by atoms with E-state index in [0.717, 1.165) is 11.9 Å². The number of hydrogen-bond donors (Lipinski definition) is 1. The normalized spacial score (nSPS) is 12.2. The van der Waals surface area contributed by atoms with Gasteiger partial charge in [-0.15, -0.1) is 0 Å². The molecule has 2 aromatic rings. The predicted octanol–water partition coefficient (Wildman–Crippen LogP) is 3.15. The summed E-state index contributed by atoms with van der Waals surface area (Å²) in [5.41, 5.74) is 2.84. The van der Waals surface area contributed by atoms with Crippen LogP contribution in [0, 0.1) is 5.41 Å². The van der Waals surface area contributed by atoms with Gasteiger partial charge in [0.25, 0.3) is 0 Å². The fourth-order valence-corrected chi connectivity index (χ4v) is 1.71. The lowest BCUT2D eigenvalue weighted by Crippen LogP contribution is -2.08. The van der Waals surface area contributed by atoms with Crippen molar-refractivity contribution in [2.45, 2.75) is 27.2 Å². The minimum absolute atomic E-state index is 0.341. The number of benzene rings is 1. The molecular weight excluding hydrogens is 172 g/mol. The van der Waals surface area contributed by atoms with Gasteiger partial charge in [-0.3, -0.25) is 5.10 Å². The van der Waals surface area contributed by atoms with E-state index in [1.807, 2.05) is 6.20 Å². The zero-order chi connectivity index (χ0) is 10.2. The fraction of sp³-hybridized carbons (Fsp3) is 0.417. The van der Waals surface area contributed by atoms with Crippen LogP contribution in [0.5, 0.6) is 0 Å². The van der Waals surface area contributed by atoms with E-state index in [4.69, 9.17) is 0 Å². The minimum atomic E-state index is 0.341. The molecule has 14 heavy (non-hydrogen) atoms. The van der Waals surface area contributed by atoms with Crippen LogP contribution in [0.3, 0.4) is 0 Å². The van der Waals surface area contributed by atoms with Crippen LogP contribution in [0.15, 0.2) is 24.4 Å². The van der Waals surface area contributed by atoms with Crippen molar-refractivity contribution in [1.29, 1.82) is 0 Å². The molecule has 0 amide bonds. The molecule has 0 saturated heterocycles. The number of hydrogen-bond acceptors (Lipinski definition) is 1. The van der Waals surface area contributed by atoms with E-state index >= 15 is 0 Å². The van der Waals surface area contributed by atoms with Gasteiger partial charge >= 0.3 is 0 Å². The number of aromatic amines is 1. The molecule has 0 unspecified atom stereocenters. The lowest BCUT2D eigenvalue weighted by Gasteiger charge is -2.17. The van der Waals surface area contributed by atoms with Gasteiger partial charge in [-0.25, -0.2) is 0 Å². The summed E-state index contributed by atoms with van der Waals surface area (Å²) in [6.45, 7) is 6.76. The Balaban J connectivity index is 2.35. The maximum Gasteiger partial charge on any atom is 0.0653 e. The molecule has 1 N–H and O–H groups in total. The SMILES string of the molecule is CC(C)(C)Cc1ccc2cn[nH]c2c1. The summed E-state index contributed by atoms with van der Waals surface area (Å²) >= 11 is 0. The van der Waals surface area contributed by atoms with Crippen LogP contribution in [0.1, 0.15) is 26.3 Å². The Morgan fingerprint density at radius 3 is 2.79 bits per heavy atom. The van der Waals surface area contributed by atoms with Crippen molar-refractivity contribution in [3.8, 4) is 0 Å². The number of rotatable bonds is 1. The molecule has 0 spiro atoms. The largest absolute Gasteiger partial charge is 0.278 e. The molecule has 0 saturated carbocycles. The number of aromatic nitrogens is 2. The highest BCUT2D eigenvalue weighted by Crippen LogP contribution is 2.22. The molecule has 1 heterocycles. The van der Waals surface area contributed by atoms with E-state index < -0.39 is 0 Å².